The molecule has 1 N–H and O–H groups in total. The molecule has 0 bridgehead atoms. The Kier molecular flexibility index (Phi) is 3.34. The van der Waals surface area contributed by atoms with Crippen LogP contribution in [0.4, 0.5) is 4.79 Å². The molecule has 1 aliphatic carbocycles. The number of likely N-dealkylation sites (tertiary alicyclic amines) is 1. The Hall–Kier alpha value is -1.55. The molecule has 1 saturated heterocycles. The summed E-state index contributed by atoms with van der Waals surface area (Å²) in [7, 11) is 0. The lowest BCUT2D eigenvalue weighted by atomic mass is 10.1. The summed E-state index contributed by atoms with van der Waals surface area (Å²) in [5.41, 5.74) is 2.57. The molecule has 21 heavy (non-hydrogen) atoms. The Morgan fingerprint density at radius 2 is 1.86 bits per heavy atom. The first-order valence-corrected chi connectivity index (χ1v) is 8.12. The van der Waals surface area contributed by atoms with Crippen LogP contribution in [0.15, 0.2) is 24.3 Å². The second kappa shape index (κ2) is 5.34. The van der Waals surface area contributed by atoms with Crippen LogP contribution >= 0.6 is 0 Å². The highest BCUT2D eigenvalue weighted by atomic mass is 16.2. The van der Waals surface area contributed by atoms with Crippen molar-refractivity contribution in [1.82, 2.24) is 15.1 Å². The largest absolute Gasteiger partial charge is 0.334 e. The number of urea groups is 1. The third-order valence-corrected chi connectivity index (χ3v) is 4.94. The van der Waals surface area contributed by atoms with Crippen LogP contribution in [0, 0.1) is 5.92 Å². The van der Waals surface area contributed by atoms with Crippen LogP contribution in [-0.2, 0) is 13.1 Å². The molecular weight excluding hydrogens is 262 g/mol. The molecule has 112 valence electrons. The molecule has 4 nitrogen and oxygen atoms in total. The monoisotopic (exact) mass is 285 g/mol. The summed E-state index contributed by atoms with van der Waals surface area (Å²) in [5, 5.41) is 3.22. The predicted molar refractivity (Wildman–Crippen MR) is 81.8 cm³/mol. The predicted octanol–water partition coefficient (Wildman–Crippen LogP) is 2.20. The molecule has 1 atom stereocenters. The van der Waals surface area contributed by atoms with Gasteiger partial charge in [-0.05, 0) is 36.3 Å². The average Bonchev–Trinajstić information content (AvgIpc) is 3.01. The van der Waals surface area contributed by atoms with Gasteiger partial charge in [-0.15, -0.1) is 0 Å². The smallest absolute Gasteiger partial charge is 0.318 e. The van der Waals surface area contributed by atoms with Crippen molar-refractivity contribution >= 4 is 6.03 Å². The van der Waals surface area contributed by atoms with E-state index in [2.05, 4.69) is 22.3 Å². The van der Waals surface area contributed by atoms with E-state index in [9.17, 15) is 4.79 Å². The molecule has 1 saturated carbocycles. The zero-order chi connectivity index (χ0) is 14.2. The second-order valence-electron chi connectivity index (χ2n) is 6.76. The van der Waals surface area contributed by atoms with Gasteiger partial charge in [-0.3, -0.25) is 0 Å². The molecule has 2 aliphatic heterocycles. The minimum atomic E-state index is 0.101. The van der Waals surface area contributed by atoms with Crippen LogP contribution < -0.4 is 5.32 Å². The van der Waals surface area contributed by atoms with E-state index in [-0.39, 0.29) is 6.03 Å². The molecule has 1 aromatic carbocycles. The first-order chi connectivity index (χ1) is 10.3. The molecule has 0 radical (unpaired) electrons. The van der Waals surface area contributed by atoms with Crippen LogP contribution in [0.3, 0.4) is 0 Å². The normalized spacial score (nSPS) is 25.1. The van der Waals surface area contributed by atoms with Gasteiger partial charge in [0.2, 0.25) is 0 Å². The van der Waals surface area contributed by atoms with Gasteiger partial charge in [0.15, 0.2) is 0 Å². The summed E-state index contributed by atoms with van der Waals surface area (Å²) in [5.74, 6) is 0.938. The lowest BCUT2D eigenvalue weighted by molar-refractivity contribution is 0.194. The van der Waals surface area contributed by atoms with E-state index in [1.54, 1.807) is 0 Å². The summed E-state index contributed by atoms with van der Waals surface area (Å²) in [4.78, 5) is 16.8. The third kappa shape index (κ3) is 2.91. The molecule has 3 aliphatic rings. The molecule has 2 amide bonds. The Bertz CT molecular complexity index is 516. The van der Waals surface area contributed by atoms with Gasteiger partial charge in [-0.25, -0.2) is 4.79 Å². The van der Waals surface area contributed by atoms with Crippen molar-refractivity contribution in [3.8, 4) is 0 Å². The van der Waals surface area contributed by atoms with Crippen molar-refractivity contribution < 1.29 is 4.79 Å². The van der Waals surface area contributed by atoms with E-state index >= 15 is 0 Å². The molecule has 0 spiro atoms. The fourth-order valence-electron chi connectivity index (χ4n) is 3.52. The lowest BCUT2D eigenvalue weighted by Crippen LogP contribution is -2.43. The Morgan fingerprint density at radius 3 is 2.52 bits per heavy atom. The molecular formula is C17H23N3O. The quantitative estimate of drug-likeness (QED) is 0.924. The minimum Gasteiger partial charge on any atom is -0.334 e. The fraction of sp³-hybridized carbons (Fsp3) is 0.588. The summed E-state index contributed by atoms with van der Waals surface area (Å²) in [6.07, 6.45) is 3.90. The summed E-state index contributed by atoms with van der Waals surface area (Å²) >= 11 is 0. The van der Waals surface area contributed by atoms with E-state index in [0.29, 0.717) is 6.04 Å². The maximum Gasteiger partial charge on any atom is 0.318 e. The van der Waals surface area contributed by atoms with Crippen LogP contribution in [0.1, 0.15) is 30.4 Å². The second-order valence-corrected chi connectivity index (χ2v) is 6.76. The highest BCUT2D eigenvalue weighted by Gasteiger charge is 2.31. The van der Waals surface area contributed by atoms with Gasteiger partial charge in [-0.2, -0.15) is 0 Å². The van der Waals surface area contributed by atoms with Gasteiger partial charge in [-0.1, -0.05) is 24.3 Å². The number of rotatable bonds is 3. The van der Waals surface area contributed by atoms with Crippen LogP contribution in [0.25, 0.3) is 0 Å². The number of carbonyl (C=O) groups excluding carboxylic acids is 1. The van der Waals surface area contributed by atoms with Crippen molar-refractivity contribution in [3.05, 3.63) is 35.4 Å². The minimum absolute atomic E-state index is 0.101. The van der Waals surface area contributed by atoms with Crippen molar-refractivity contribution in [1.29, 1.82) is 0 Å². The van der Waals surface area contributed by atoms with Crippen molar-refractivity contribution in [2.45, 2.75) is 38.4 Å². The van der Waals surface area contributed by atoms with Crippen molar-refractivity contribution in [2.75, 3.05) is 19.6 Å². The topological polar surface area (TPSA) is 35.6 Å². The molecule has 1 aromatic rings. The third-order valence-electron chi connectivity index (χ3n) is 4.94. The van der Waals surface area contributed by atoms with E-state index in [1.165, 1.54) is 30.5 Å². The van der Waals surface area contributed by atoms with Crippen molar-refractivity contribution in [2.24, 2.45) is 5.92 Å². The number of fused-ring (bicyclic) bond motifs is 1. The van der Waals surface area contributed by atoms with E-state index in [0.717, 1.165) is 38.5 Å². The highest BCUT2D eigenvalue weighted by molar-refractivity contribution is 5.75. The Morgan fingerprint density at radius 1 is 1.14 bits per heavy atom. The van der Waals surface area contributed by atoms with E-state index in [1.807, 2.05) is 17.0 Å². The first-order valence-electron chi connectivity index (χ1n) is 8.12. The first kappa shape index (κ1) is 13.1. The average molecular weight is 285 g/mol. The zero-order valence-corrected chi connectivity index (χ0v) is 12.4. The van der Waals surface area contributed by atoms with Gasteiger partial charge >= 0.3 is 6.03 Å². The highest BCUT2D eigenvalue weighted by Crippen LogP contribution is 2.30. The number of benzene rings is 1. The standard InChI is InChI=1S/C17H23N3O/c21-17(20-10-14-3-1-2-4-15(14)11-20)18-16-7-8-19(12-16)9-13-5-6-13/h1-4,13,16H,5-12H2,(H,18,21). The van der Waals surface area contributed by atoms with Gasteiger partial charge in [0, 0.05) is 38.8 Å². The summed E-state index contributed by atoms with van der Waals surface area (Å²) < 4.78 is 0. The van der Waals surface area contributed by atoms with E-state index < -0.39 is 0 Å². The van der Waals surface area contributed by atoms with E-state index in [4.69, 9.17) is 0 Å². The molecule has 0 aromatic heterocycles. The Balaban J connectivity index is 1.29. The van der Waals surface area contributed by atoms with Gasteiger partial charge in [0.05, 0.1) is 0 Å². The number of nitrogens with zero attached hydrogens (tertiary/aromatic N) is 2. The molecule has 1 unspecified atom stereocenters. The summed E-state index contributed by atoms with van der Waals surface area (Å²) in [6, 6.07) is 8.77. The SMILES string of the molecule is O=C(NC1CCN(CC2CC2)C1)N1Cc2ccccc2C1. The van der Waals surface area contributed by atoms with Gasteiger partial charge in [0.25, 0.3) is 0 Å². The number of carbonyl (C=O) groups is 1. The van der Waals surface area contributed by atoms with Crippen LogP contribution in [0.2, 0.25) is 0 Å². The number of amides is 2. The fourth-order valence-corrected chi connectivity index (χ4v) is 3.52. The summed E-state index contributed by atoms with van der Waals surface area (Å²) in [6.45, 7) is 4.91. The van der Waals surface area contributed by atoms with Gasteiger partial charge < -0.3 is 15.1 Å². The Labute approximate surface area is 126 Å². The maximum atomic E-state index is 12.4. The van der Waals surface area contributed by atoms with Crippen molar-refractivity contribution in [3.63, 3.8) is 0 Å². The molecule has 4 heteroatoms. The van der Waals surface area contributed by atoms with Crippen LogP contribution in [-0.4, -0.2) is 41.5 Å². The maximum absolute atomic E-state index is 12.4. The van der Waals surface area contributed by atoms with Crippen LogP contribution in [0.5, 0.6) is 0 Å². The molecule has 2 fully saturated rings. The van der Waals surface area contributed by atoms with Gasteiger partial charge in [0.1, 0.15) is 0 Å². The molecule has 2 heterocycles. The number of nitrogens with one attached hydrogen (secondary N) is 1. The lowest BCUT2D eigenvalue weighted by Gasteiger charge is -2.21. The zero-order valence-electron chi connectivity index (χ0n) is 12.4. The number of hydrogen-bond acceptors (Lipinski definition) is 2. The number of hydrogen-bond donors (Lipinski definition) is 1. The molecule has 4 rings (SSSR count).